The normalized spacial score (nSPS) is 26.7. The largest absolute Gasteiger partial charge is 0.382 e. The van der Waals surface area contributed by atoms with Crippen LogP contribution < -0.4 is 5.32 Å². The standard InChI is InChI=1S/C14H22N2/c1-11-4-6-13(7-5-11)15-14-8-9-16(3)10-12(14)2/h4-7,12,14-15H,8-10H2,1-3H3. The highest BCUT2D eigenvalue weighted by Crippen LogP contribution is 2.20. The summed E-state index contributed by atoms with van der Waals surface area (Å²) in [6, 6.07) is 9.32. The Labute approximate surface area is 98.7 Å². The van der Waals surface area contributed by atoms with E-state index in [2.05, 4.69) is 55.4 Å². The molecule has 2 unspecified atom stereocenters. The number of piperidine rings is 1. The molecule has 1 aliphatic rings. The van der Waals surface area contributed by atoms with E-state index in [1.165, 1.54) is 30.8 Å². The van der Waals surface area contributed by atoms with Gasteiger partial charge in [0.1, 0.15) is 0 Å². The van der Waals surface area contributed by atoms with Crippen molar-refractivity contribution < 1.29 is 0 Å². The van der Waals surface area contributed by atoms with E-state index >= 15 is 0 Å². The molecular weight excluding hydrogens is 196 g/mol. The van der Waals surface area contributed by atoms with Gasteiger partial charge in [-0.3, -0.25) is 0 Å². The number of rotatable bonds is 2. The van der Waals surface area contributed by atoms with Gasteiger partial charge in [0.05, 0.1) is 0 Å². The van der Waals surface area contributed by atoms with E-state index in [1.54, 1.807) is 0 Å². The molecule has 2 atom stereocenters. The van der Waals surface area contributed by atoms with Crippen LogP contribution in [-0.4, -0.2) is 31.1 Å². The maximum Gasteiger partial charge on any atom is 0.0342 e. The van der Waals surface area contributed by atoms with Gasteiger partial charge in [-0.1, -0.05) is 24.6 Å². The Bertz CT molecular complexity index is 331. The molecule has 0 radical (unpaired) electrons. The summed E-state index contributed by atoms with van der Waals surface area (Å²) in [6.45, 7) is 6.86. The van der Waals surface area contributed by atoms with Crippen LogP contribution in [0.25, 0.3) is 0 Å². The predicted molar refractivity (Wildman–Crippen MR) is 69.9 cm³/mol. The highest BCUT2D eigenvalue weighted by atomic mass is 15.1. The van der Waals surface area contributed by atoms with Crippen LogP contribution in [0.5, 0.6) is 0 Å². The summed E-state index contributed by atoms with van der Waals surface area (Å²) in [5.41, 5.74) is 2.58. The number of hydrogen-bond donors (Lipinski definition) is 1. The summed E-state index contributed by atoms with van der Waals surface area (Å²) >= 11 is 0. The molecule has 1 saturated heterocycles. The molecule has 0 saturated carbocycles. The average Bonchev–Trinajstić information content (AvgIpc) is 2.25. The highest BCUT2D eigenvalue weighted by Gasteiger charge is 2.23. The van der Waals surface area contributed by atoms with Gasteiger partial charge in [-0.25, -0.2) is 0 Å². The van der Waals surface area contributed by atoms with Gasteiger partial charge in [-0.2, -0.15) is 0 Å². The second kappa shape index (κ2) is 4.88. The molecule has 2 heteroatoms. The Hall–Kier alpha value is -1.02. The summed E-state index contributed by atoms with van der Waals surface area (Å²) in [4.78, 5) is 2.41. The van der Waals surface area contributed by atoms with Gasteiger partial charge in [-0.15, -0.1) is 0 Å². The van der Waals surface area contributed by atoms with Crippen molar-refractivity contribution in [2.24, 2.45) is 5.92 Å². The van der Waals surface area contributed by atoms with E-state index in [1.807, 2.05) is 0 Å². The molecule has 1 aromatic carbocycles. The van der Waals surface area contributed by atoms with Crippen LogP contribution in [0.3, 0.4) is 0 Å². The van der Waals surface area contributed by atoms with Crippen LogP contribution in [0.15, 0.2) is 24.3 Å². The molecule has 0 spiro atoms. The average molecular weight is 218 g/mol. The third kappa shape index (κ3) is 2.76. The lowest BCUT2D eigenvalue weighted by atomic mass is 9.94. The predicted octanol–water partition coefficient (Wildman–Crippen LogP) is 2.75. The fraction of sp³-hybridized carbons (Fsp3) is 0.571. The molecule has 2 rings (SSSR count). The zero-order valence-electron chi connectivity index (χ0n) is 10.5. The monoisotopic (exact) mass is 218 g/mol. The molecule has 1 aromatic rings. The number of likely N-dealkylation sites (tertiary alicyclic amines) is 1. The molecule has 1 aliphatic heterocycles. The summed E-state index contributed by atoms with van der Waals surface area (Å²) in [7, 11) is 2.21. The van der Waals surface area contributed by atoms with Crippen molar-refractivity contribution in [3.05, 3.63) is 29.8 Å². The van der Waals surface area contributed by atoms with E-state index in [-0.39, 0.29) is 0 Å². The van der Waals surface area contributed by atoms with E-state index in [0.29, 0.717) is 6.04 Å². The topological polar surface area (TPSA) is 15.3 Å². The molecule has 0 aliphatic carbocycles. The van der Waals surface area contributed by atoms with Crippen molar-refractivity contribution >= 4 is 5.69 Å². The minimum Gasteiger partial charge on any atom is -0.382 e. The van der Waals surface area contributed by atoms with Gasteiger partial charge in [0.15, 0.2) is 0 Å². The second-order valence-electron chi connectivity index (χ2n) is 5.15. The van der Waals surface area contributed by atoms with Crippen LogP contribution in [0.4, 0.5) is 5.69 Å². The van der Waals surface area contributed by atoms with E-state index in [9.17, 15) is 0 Å². The first-order chi connectivity index (χ1) is 7.65. The van der Waals surface area contributed by atoms with Crippen LogP contribution in [0.1, 0.15) is 18.9 Å². The van der Waals surface area contributed by atoms with Crippen LogP contribution in [0.2, 0.25) is 0 Å². The van der Waals surface area contributed by atoms with Gasteiger partial charge >= 0.3 is 0 Å². The number of nitrogens with one attached hydrogen (secondary N) is 1. The highest BCUT2D eigenvalue weighted by molar-refractivity contribution is 5.45. The molecule has 16 heavy (non-hydrogen) atoms. The maximum absolute atomic E-state index is 3.65. The molecule has 0 amide bonds. The molecular formula is C14H22N2. The quantitative estimate of drug-likeness (QED) is 0.821. The lowest BCUT2D eigenvalue weighted by Gasteiger charge is -2.35. The Morgan fingerprint density at radius 2 is 1.94 bits per heavy atom. The Balaban J connectivity index is 1.96. The first-order valence-electron chi connectivity index (χ1n) is 6.17. The second-order valence-corrected chi connectivity index (χ2v) is 5.15. The van der Waals surface area contributed by atoms with Gasteiger partial charge in [0, 0.05) is 18.3 Å². The Morgan fingerprint density at radius 1 is 1.25 bits per heavy atom. The molecule has 1 heterocycles. The first kappa shape index (κ1) is 11.5. The van der Waals surface area contributed by atoms with Gasteiger partial charge in [0.2, 0.25) is 0 Å². The zero-order chi connectivity index (χ0) is 11.5. The van der Waals surface area contributed by atoms with Crippen LogP contribution >= 0.6 is 0 Å². The number of benzene rings is 1. The van der Waals surface area contributed by atoms with Crippen LogP contribution in [0, 0.1) is 12.8 Å². The zero-order valence-corrected chi connectivity index (χ0v) is 10.5. The van der Waals surface area contributed by atoms with E-state index in [4.69, 9.17) is 0 Å². The molecule has 88 valence electrons. The summed E-state index contributed by atoms with van der Waals surface area (Å²) < 4.78 is 0. The van der Waals surface area contributed by atoms with Gasteiger partial charge < -0.3 is 10.2 Å². The van der Waals surface area contributed by atoms with Crippen LogP contribution in [-0.2, 0) is 0 Å². The smallest absolute Gasteiger partial charge is 0.0342 e. The number of aryl methyl sites for hydroxylation is 1. The summed E-state index contributed by atoms with van der Waals surface area (Å²) in [6.07, 6.45) is 1.24. The first-order valence-corrected chi connectivity index (χ1v) is 6.17. The van der Waals surface area contributed by atoms with Crippen molar-refractivity contribution in [3.63, 3.8) is 0 Å². The fourth-order valence-corrected chi connectivity index (χ4v) is 2.43. The summed E-state index contributed by atoms with van der Waals surface area (Å²) in [5, 5.41) is 3.65. The number of hydrogen-bond acceptors (Lipinski definition) is 2. The van der Waals surface area contributed by atoms with E-state index in [0.717, 1.165) is 5.92 Å². The number of anilines is 1. The Kier molecular flexibility index (Phi) is 3.49. The minimum atomic E-state index is 0.624. The molecule has 0 bridgehead atoms. The van der Waals surface area contributed by atoms with Crippen molar-refractivity contribution in [2.45, 2.75) is 26.3 Å². The van der Waals surface area contributed by atoms with Crippen molar-refractivity contribution in [1.29, 1.82) is 0 Å². The van der Waals surface area contributed by atoms with Crippen molar-refractivity contribution in [1.82, 2.24) is 4.90 Å². The fourth-order valence-electron chi connectivity index (χ4n) is 2.43. The molecule has 1 fully saturated rings. The maximum atomic E-state index is 3.65. The van der Waals surface area contributed by atoms with Crippen molar-refractivity contribution in [2.75, 3.05) is 25.5 Å². The van der Waals surface area contributed by atoms with Crippen molar-refractivity contribution in [3.8, 4) is 0 Å². The lowest BCUT2D eigenvalue weighted by molar-refractivity contribution is 0.206. The summed E-state index contributed by atoms with van der Waals surface area (Å²) in [5.74, 6) is 0.722. The van der Waals surface area contributed by atoms with E-state index < -0.39 is 0 Å². The molecule has 1 N–H and O–H groups in total. The lowest BCUT2D eigenvalue weighted by Crippen LogP contribution is -2.43. The third-order valence-corrected chi connectivity index (χ3v) is 3.51. The molecule has 0 aromatic heterocycles. The van der Waals surface area contributed by atoms with Gasteiger partial charge in [0.25, 0.3) is 0 Å². The molecule has 2 nitrogen and oxygen atoms in total. The third-order valence-electron chi connectivity index (χ3n) is 3.51. The minimum absolute atomic E-state index is 0.624. The number of nitrogens with zero attached hydrogens (tertiary/aromatic N) is 1. The SMILES string of the molecule is Cc1ccc(NC2CCN(C)CC2C)cc1. The Morgan fingerprint density at radius 3 is 2.56 bits per heavy atom. The van der Waals surface area contributed by atoms with Gasteiger partial charge in [-0.05, 0) is 45.0 Å².